The van der Waals surface area contributed by atoms with Crippen molar-refractivity contribution >= 4 is 17.5 Å². The summed E-state index contributed by atoms with van der Waals surface area (Å²) in [6.07, 6.45) is 7.24. The van der Waals surface area contributed by atoms with E-state index in [4.69, 9.17) is 18.9 Å². The molecule has 1 atom stereocenters. The lowest BCUT2D eigenvalue weighted by Gasteiger charge is -2.20. The quantitative estimate of drug-likeness (QED) is 0.0840. The summed E-state index contributed by atoms with van der Waals surface area (Å²) >= 11 is 0. The van der Waals surface area contributed by atoms with Gasteiger partial charge in [0, 0.05) is 5.56 Å². The van der Waals surface area contributed by atoms with Crippen LogP contribution in [-0.2, 0) is 0 Å². The Bertz CT molecular complexity index is 1700. The van der Waals surface area contributed by atoms with Gasteiger partial charge in [0.2, 0.25) is 0 Å². The van der Waals surface area contributed by atoms with Crippen molar-refractivity contribution in [2.45, 2.75) is 58.7 Å². The minimum Gasteiger partial charge on any atom is -0.496 e. The second-order valence-corrected chi connectivity index (χ2v) is 11.1. The molecule has 7 nitrogen and oxygen atoms in total. The number of aliphatic hydroxyl groups is 1. The van der Waals surface area contributed by atoms with Crippen molar-refractivity contribution in [1.82, 2.24) is 0 Å². The Labute approximate surface area is 277 Å². The molecule has 1 N–H and O–H groups in total. The molecule has 47 heavy (non-hydrogen) atoms. The monoisotopic (exact) mass is 634 g/mol. The van der Waals surface area contributed by atoms with Crippen LogP contribution in [0.4, 0.5) is 0 Å². The van der Waals surface area contributed by atoms with E-state index in [2.05, 4.69) is 6.92 Å². The first-order valence-electron chi connectivity index (χ1n) is 15.8. The summed E-state index contributed by atoms with van der Waals surface area (Å²) in [5.41, 5.74) is 2.48. The predicted molar refractivity (Wildman–Crippen MR) is 184 cm³/mol. The van der Waals surface area contributed by atoms with Gasteiger partial charge in [0.15, 0.2) is 11.5 Å². The molecule has 1 unspecified atom stereocenters. The summed E-state index contributed by atoms with van der Waals surface area (Å²) in [6, 6.07) is 27.8. The van der Waals surface area contributed by atoms with Crippen LogP contribution in [0.2, 0.25) is 0 Å². The van der Waals surface area contributed by atoms with E-state index in [1.165, 1.54) is 0 Å². The van der Waals surface area contributed by atoms with Gasteiger partial charge in [0.1, 0.15) is 17.6 Å². The molecule has 4 rings (SSSR count). The van der Waals surface area contributed by atoms with Crippen LogP contribution < -0.4 is 18.9 Å². The topological polar surface area (TPSA) is 91.3 Å². The lowest BCUT2D eigenvalue weighted by Crippen LogP contribution is -2.22. The first-order chi connectivity index (χ1) is 22.7. The minimum atomic E-state index is -0.844. The molecule has 0 aliphatic heterocycles. The Morgan fingerprint density at radius 1 is 0.766 bits per heavy atom. The molecule has 0 saturated carbocycles. The van der Waals surface area contributed by atoms with Crippen molar-refractivity contribution < 1.29 is 33.6 Å². The number of ether oxygens (including phenoxy) is 4. The second kappa shape index (κ2) is 16.4. The van der Waals surface area contributed by atoms with Crippen molar-refractivity contribution in [3.05, 3.63) is 138 Å². The van der Waals surface area contributed by atoms with E-state index in [1.54, 1.807) is 73.8 Å². The van der Waals surface area contributed by atoms with Gasteiger partial charge in [0.05, 0.1) is 23.8 Å². The largest absolute Gasteiger partial charge is 0.496 e. The van der Waals surface area contributed by atoms with Crippen LogP contribution in [0.3, 0.4) is 0 Å². The number of allylic oxidation sites excluding steroid dienone is 3. The van der Waals surface area contributed by atoms with Crippen molar-refractivity contribution in [2.24, 2.45) is 0 Å². The van der Waals surface area contributed by atoms with E-state index in [9.17, 15) is 14.7 Å². The van der Waals surface area contributed by atoms with Crippen molar-refractivity contribution in [1.29, 1.82) is 0 Å². The molecule has 0 amide bonds. The maximum absolute atomic E-state index is 13.0. The summed E-state index contributed by atoms with van der Waals surface area (Å²) in [5, 5.41) is 10.7. The van der Waals surface area contributed by atoms with Crippen LogP contribution >= 0.6 is 0 Å². The highest BCUT2D eigenvalue weighted by Gasteiger charge is 2.20. The standard InChI is InChI=1S/C40H42O7/c1-6-29(20-15-25-40(43,7-2)8-3)34-27-33(22-24-35(34)44-5)45-28(4)32-21-23-36(46-38(41)30-16-11-9-12-17-30)37(26-32)47-39(42)31-18-13-10-14-19-31/h9-28,43H,6-8H2,1-5H3/b25-15+,29-20+. The molecule has 7 heteroatoms. The third kappa shape index (κ3) is 9.21. The smallest absolute Gasteiger partial charge is 0.343 e. The first kappa shape index (κ1) is 34.7. The van der Waals surface area contributed by atoms with E-state index < -0.39 is 23.6 Å². The number of rotatable bonds is 14. The number of carbonyl (C=O) groups is 2. The van der Waals surface area contributed by atoms with Crippen LogP contribution in [0.1, 0.15) is 84.9 Å². The van der Waals surface area contributed by atoms with Gasteiger partial charge < -0.3 is 24.1 Å². The molecule has 244 valence electrons. The Morgan fingerprint density at radius 3 is 1.89 bits per heavy atom. The fraction of sp³-hybridized carbons (Fsp3) is 0.250. The molecule has 0 heterocycles. The zero-order chi connectivity index (χ0) is 33.8. The van der Waals surface area contributed by atoms with E-state index in [0.29, 0.717) is 41.0 Å². The molecule has 0 bridgehead atoms. The first-order valence-corrected chi connectivity index (χ1v) is 15.8. The zero-order valence-electron chi connectivity index (χ0n) is 27.6. The number of methoxy groups -OCH3 is 1. The Morgan fingerprint density at radius 2 is 1.34 bits per heavy atom. The zero-order valence-corrected chi connectivity index (χ0v) is 27.6. The lowest BCUT2D eigenvalue weighted by molar-refractivity contribution is 0.0682. The molecular weight excluding hydrogens is 592 g/mol. The second-order valence-electron chi connectivity index (χ2n) is 11.1. The Hall–Kier alpha value is -5.14. The number of carbonyl (C=O) groups excluding carboxylic acids is 2. The molecule has 0 fully saturated rings. The van der Waals surface area contributed by atoms with Crippen LogP contribution in [0, 0.1) is 0 Å². The molecule has 0 spiro atoms. The van der Waals surface area contributed by atoms with Crippen molar-refractivity contribution in [3.8, 4) is 23.0 Å². The molecule has 0 saturated heterocycles. The number of hydrogen-bond acceptors (Lipinski definition) is 7. The molecule has 0 aliphatic rings. The Kier molecular flexibility index (Phi) is 12.1. The fourth-order valence-electron chi connectivity index (χ4n) is 4.92. The molecule has 0 radical (unpaired) electrons. The van der Waals surface area contributed by atoms with Gasteiger partial charge in [-0.2, -0.15) is 0 Å². The molecule has 4 aromatic carbocycles. The van der Waals surface area contributed by atoms with Crippen LogP contribution in [0.25, 0.3) is 5.57 Å². The predicted octanol–water partition coefficient (Wildman–Crippen LogP) is 9.17. The minimum absolute atomic E-state index is 0.0913. The van der Waals surface area contributed by atoms with Gasteiger partial charge in [0.25, 0.3) is 0 Å². The van der Waals surface area contributed by atoms with E-state index >= 15 is 0 Å². The van der Waals surface area contributed by atoms with Gasteiger partial charge in [-0.05, 0) is 91.9 Å². The summed E-state index contributed by atoms with van der Waals surface area (Å²) < 4.78 is 23.5. The normalized spacial score (nSPS) is 12.4. The van der Waals surface area contributed by atoms with E-state index in [1.807, 2.05) is 69.3 Å². The summed E-state index contributed by atoms with van der Waals surface area (Å²) in [7, 11) is 1.63. The third-order valence-electron chi connectivity index (χ3n) is 8.00. The summed E-state index contributed by atoms with van der Waals surface area (Å²) in [5.74, 6) is 0.347. The van der Waals surface area contributed by atoms with Crippen molar-refractivity contribution in [3.63, 3.8) is 0 Å². The van der Waals surface area contributed by atoms with Gasteiger partial charge in [-0.15, -0.1) is 0 Å². The maximum atomic E-state index is 13.0. The molecule has 0 aromatic heterocycles. The highest BCUT2D eigenvalue weighted by Crippen LogP contribution is 2.36. The third-order valence-corrected chi connectivity index (χ3v) is 8.00. The molecule has 4 aromatic rings. The van der Waals surface area contributed by atoms with Crippen LogP contribution in [0.5, 0.6) is 23.0 Å². The SMILES string of the molecule is CC/C(=C\C=C\C(O)(CC)CC)c1cc(OC(C)c2ccc(OC(=O)c3ccccc3)c(OC(=O)c3ccccc3)c2)ccc1OC. The van der Waals surface area contributed by atoms with Crippen molar-refractivity contribution in [2.75, 3.05) is 7.11 Å². The summed E-state index contributed by atoms with van der Waals surface area (Å²) in [4.78, 5) is 25.9. The van der Waals surface area contributed by atoms with E-state index in [-0.39, 0.29) is 11.5 Å². The fourth-order valence-corrected chi connectivity index (χ4v) is 4.92. The van der Waals surface area contributed by atoms with Crippen LogP contribution in [-0.4, -0.2) is 29.8 Å². The highest BCUT2D eigenvalue weighted by atomic mass is 16.6. The number of hydrogen-bond donors (Lipinski definition) is 1. The van der Waals surface area contributed by atoms with Crippen LogP contribution in [0.15, 0.2) is 115 Å². The molecule has 0 aliphatic carbocycles. The van der Waals surface area contributed by atoms with Gasteiger partial charge in [-0.3, -0.25) is 0 Å². The maximum Gasteiger partial charge on any atom is 0.343 e. The van der Waals surface area contributed by atoms with E-state index in [0.717, 1.165) is 17.6 Å². The number of benzene rings is 4. The number of esters is 2. The molecular formula is C40H42O7. The highest BCUT2D eigenvalue weighted by molar-refractivity contribution is 5.93. The van der Waals surface area contributed by atoms with Gasteiger partial charge >= 0.3 is 11.9 Å². The Balaban J connectivity index is 1.62. The summed E-state index contributed by atoms with van der Waals surface area (Å²) in [6.45, 7) is 7.87. The average molecular weight is 635 g/mol. The lowest BCUT2D eigenvalue weighted by atomic mass is 9.96. The van der Waals surface area contributed by atoms with Gasteiger partial charge in [-0.1, -0.05) is 81.5 Å². The van der Waals surface area contributed by atoms with Gasteiger partial charge in [-0.25, -0.2) is 9.59 Å². The average Bonchev–Trinajstić information content (AvgIpc) is 3.11.